The second kappa shape index (κ2) is 33.7. The van der Waals surface area contributed by atoms with Crippen LogP contribution in [0.25, 0.3) is 0 Å². The lowest BCUT2D eigenvalue weighted by molar-refractivity contribution is -0.122. The van der Waals surface area contributed by atoms with Gasteiger partial charge in [0.25, 0.3) is 0 Å². The van der Waals surface area contributed by atoms with Gasteiger partial charge in [-0.05, 0) is 44.9 Å². The van der Waals surface area contributed by atoms with Gasteiger partial charge in [0, 0.05) is 6.42 Å². The Bertz CT molecular complexity index is 546. The van der Waals surface area contributed by atoms with E-state index in [1.807, 2.05) is 0 Å². The number of rotatable bonds is 33. The van der Waals surface area contributed by atoms with Crippen molar-refractivity contribution in [3.63, 3.8) is 0 Å². The average Bonchev–Trinajstić information content (AvgIpc) is 2.97. The molecule has 0 aromatic rings. The zero-order valence-electron chi connectivity index (χ0n) is 28.4. The van der Waals surface area contributed by atoms with E-state index in [9.17, 15) is 9.90 Å². The van der Waals surface area contributed by atoms with Crippen LogP contribution in [0, 0.1) is 0 Å². The zero-order valence-corrected chi connectivity index (χ0v) is 28.4. The van der Waals surface area contributed by atoms with Crippen LogP contribution in [0.5, 0.6) is 0 Å². The maximum atomic E-state index is 12.4. The van der Waals surface area contributed by atoms with Crippen LogP contribution in [-0.2, 0) is 4.79 Å². The molecule has 0 saturated heterocycles. The summed E-state index contributed by atoms with van der Waals surface area (Å²) >= 11 is 0. The van der Waals surface area contributed by atoms with Crippen molar-refractivity contribution in [1.82, 2.24) is 5.32 Å². The summed E-state index contributed by atoms with van der Waals surface area (Å²) in [5.74, 6) is 0.126. The highest BCUT2D eigenvalue weighted by molar-refractivity contribution is 5.76. The number of aliphatic hydroxyl groups is 1. The Morgan fingerprint density at radius 2 is 0.902 bits per heavy atom. The molecule has 0 heterocycles. The van der Waals surface area contributed by atoms with Crippen LogP contribution in [0.2, 0.25) is 0 Å². The minimum Gasteiger partial charge on any atom is -0.391 e. The van der Waals surface area contributed by atoms with Gasteiger partial charge in [-0.3, -0.25) is 4.79 Å². The topological polar surface area (TPSA) is 49.3 Å². The molecule has 1 amide bonds. The summed E-state index contributed by atoms with van der Waals surface area (Å²) in [5, 5.41) is 13.8. The minimum atomic E-state index is -0.408. The van der Waals surface area contributed by atoms with Gasteiger partial charge in [-0.2, -0.15) is 0 Å². The van der Waals surface area contributed by atoms with Crippen molar-refractivity contribution in [3.05, 3.63) is 12.2 Å². The molecule has 2 atom stereocenters. The van der Waals surface area contributed by atoms with Gasteiger partial charge >= 0.3 is 0 Å². The van der Waals surface area contributed by atoms with E-state index in [1.54, 1.807) is 0 Å². The fourth-order valence-corrected chi connectivity index (χ4v) is 5.85. The number of unbranched alkanes of at least 4 members (excludes halogenated alkanes) is 24. The van der Waals surface area contributed by atoms with Crippen LogP contribution in [0.3, 0.4) is 0 Å². The van der Waals surface area contributed by atoms with Gasteiger partial charge in [0.2, 0.25) is 5.91 Å². The Hall–Kier alpha value is -0.830. The van der Waals surface area contributed by atoms with Crippen LogP contribution in [0.15, 0.2) is 12.2 Å². The third-order valence-electron chi connectivity index (χ3n) is 8.77. The molecule has 0 fully saturated rings. The van der Waals surface area contributed by atoms with Crippen LogP contribution < -0.4 is 5.32 Å². The monoisotopic (exact) mass is 578 g/mol. The van der Waals surface area contributed by atoms with Gasteiger partial charge in [0.05, 0.1) is 12.1 Å². The third kappa shape index (κ3) is 30.4. The number of carbonyl (C=O) groups excluding carboxylic acids is 1. The smallest absolute Gasteiger partial charge is 0.220 e. The van der Waals surface area contributed by atoms with Crippen molar-refractivity contribution < 1.29 is 9.90 Å². The quantitative estimate of drug-likeness (QED) is 0.0602. The first-order valence-corrected chi connectivity index (χ1v) is 18.8. The lowest BCUT2D eigenvalue weighted by Gasteiger charge is -2.23. The molecule has 0 radical (unpaired) electrons. The van der Waals surface area contributed by atoms with E-state index in [-0.39, 0.29) is 11.9 Å². The first-order valence-electron chi connectivity index (χ1n) is 18.8. The van der Waals surface area contributed by atoms with Gasteiger partial charge < -0.3 is 10.4 Å². The molecule has 0 rings (SSSR count). The molecule has 2 N–H and O–H groups in total. The molecule has 0 spiro atoms. The Balaban J connectivity index is 3.56. The predicted molar refractivity (Wildman–Crippen MR) is 183 cm³/mol. The first kappa shape index (κ1) is 40.2. The summed E-state index contributed by atoms with van der Waals surface area (Å²) in [6.45, 7) is 6.62. The van der Waals surface area contributed by atoms with Crippen molar-refractivity contribution in [2.45, 2.75) is 226 Å². The van der Waals surface area contributed by atoms with E-state index < -0.39 is 6.10 Å². The third-order valence-corrected chi connectivity index (χ3v) is 8.77. The van der Waals surface area contributed by atoms with E-state index in [0.717, 1.165) is 32.1 Å². The molecular weight excluding hydrogens is 502 g/mol. The number of aliphatic hydroxyl groups excluding tert-OH is 1. The Morgan fingerprint density at radius 3 is 1.34 bits per heavy atom. The number of hydrogen-bond acceptors (Lipinski definition) is 2. The van der Waals surface area contributed by atoms with Crippen LogP contribution in [-0.4, -0.2) is 23.2 Å². The molecular formula is C38H75NO2. The SMILES string of the molecule is CCCCCC/C=C\CCCCCCCCCC(O)C(CC)NC(=O)CCCCCCCCCCCCCCCC. The number of hydrogen-bond donors (Lipinski definition) is 2. The second-order valence-corrected chi connectivity index (χ2v) is 12.9. The van der Waals surface area contributed by atoms with Gasteiger partial charge in [-0.25, -0.2) is 0 Å². The van der Waals surface area contributed by atoms with Crippen molar-refractivity contribution >= 4 is 5.91 Å². The highest BCUT2D eigenvalue weighted by Gasteiger charge is 2.18. The minimum absolute atomic E-state index is 0.0890. The van der Waals surface area contributed by atoms with E-state index in [2.05, 4.69) is 38.2 Å². The normalized spacial score (nSPS) is 13.2. The summed E-state index contributed by atoms with van der Waals surface area (Å²) in [7, 11) is 0. The molecule has 0 aliphatic heterocycles. The predicted octanol–water partition coefficient (Wildman–Crippen LogP) is 12.2. The highest BCUT2D eigenvalue weighted by atomic mass is 16.3. The molecule has 41 heavy (non-hydrogen) atoms. The van der Waals surface area contributed by atoms with Crippen molar-refractivity contribution in [2.24, 2.45) is 0 Å². The van der Waals surface area contributed by atoms with Crippen LogP contribution in [0.1, 0.15) is 213 Å². The van der Waals surface area contributed by atoms with Crippen molar-refractivity contribution in [3.8, 4) is 0 Å². The molecule has 3 nitrogen and oxygen atoms in total. The molecule has 0 saturated carbocycles. The number of nitrogens with one attached hydrogen (secondary N) is 1. The fourth-order valence-electron chi connectivity index (χ4n) is 5.85. The lowest BCUT2D eigenvalue weighted by atomic mass is 10.00. The largest absolute Gasteiger partial charge is 0.391 e. The Kier molecular flexibility index (Phi) is 33.0. The standard InChI is InChI=1S/C38H75NO2/c1-4-7-9-11-13-15-17-19-21-22-24-26-28-30-32-34-37(40)36(6-3)39-38(41)35-33-31-29-27-25-23-20-18-16-14-12-10-8-5-2/h15,17,36-37,40H,4-14,16,18-35H2,1-3H3,(H,39,41)/b17-15-. The summed E-state index contributed by atoms with van der Waals surface area (Å²) in [4.78, 5) is 12.4. The summed E-state index contributed by atoms with van der Waals surface area (Å²) in [6, 6.07) is -0.0890. The van der Waals surface area contributed by atoms with Gasteiger partial charge in [-0.15, -0.1) is 0 Å². The summed E-state index contributed by atoms with van der Waals surface area (Å²) < 4.78 is 0. The summed E-state index contributed by atoms with van der Waals surface area (Å²) in [5.41, 5.74) is 0. The first-order chi connectivity index (χ1) is 20.2. The van der Waals surface area contributed by atoms with Gasteiger partial charge in [0.15, 0.2) is 0 Å². The van der Waals surface area contributed by atoms with Gasteiger partial charge in [0.1, 0.15) is 0 Å². The van der Waals surface area contributed by atoms with E-state index in [1.165, 1.54) is 154 Å². The Morgan fingerprint density at radius 1 is 0.537 bits per heavy atom. The van der Waals surface area contributed by atoms with E-state index >= 15 is 0 Å². The lowest BCUT2D eigenvalue weighted by Crippen LogP contribution is -2.42. The molecule has 0 aliphatic carbocycles. The Labute approximate surface area is 258 Å². The van der Waals surface area contributed by atoms with Crippen LogP contribution >= 0.6 is 0 Å². The molecule has 0 bridgehead atoms. The molecule has 3 heteroatoms. The number of amides is 1. The van der Waals surface area contributed by atoms with E-state index in [4.69, 9.17) is 0 Å². The number of allylic oxidation sites excluding steroid dienone is 2. The maximum absolute atomic E-state index is 12.4. The summed E-state index contributed by atoms with van der Waals surface area (Å²) in [6.07, 6.45) is 42.0. The maximum Gasteiger partial charge on any atom is 0.220 e. The highest BCUT2D eigenvalue weighted by Crippen LogP contribution is 2.15. The zero-order chi connectivity index (χ0) is 30.1. The van der Waals surface area contributed by atoms with Crippen molar-refractivity contribution in [2.75, 3.05) is 0 Å². The average molecular weight is 578 g/mol. The van der Waals surface area contributed by atoms with Gasteiger partial charge in [-0.1, -0.05) is 174 Å². The number of carbonyl (C=O) groups is 1. The molecule has 0 aliphatic rings. The molecule has 0 aromatic heterocycles. The second-order valence-electron chi connectivity index (χ2n) is 12.9. The molecule has 0 aromatic carbocycles. The molecule has 2 unspecified atom stereocenters. The molecule has 244 valence electrons. The van der Waals surface area contributed by atoms with Crippen LogP contribution in [0.4, 0.5) is 0 Å². The fraction of sp³-hybridized carbons (Fsp3) is 0.921. The van der Waals surface area contributed by atoms with E-state index in [0.29, 0.717) is 6.42 Å². The van der Waals surface area contributed by atoms with Crippen molar-refractivity contribution in [1.29, 1.82) is 0 Å².